The third kappa shape index (κ3) is 2.54. The zero-order valence-corrected chi connectivity index (χ0v) is 11.8. The Morgan fingerprint density at radius 3 is 2.78 bits per heavy atom. The number of aromatic amines is 1. The van der Waals surface area contributed by atoms with Crippen LogP contribution in [0.1, 0.15) is 25.7 Å². The Morgan fingerprint density at radius 1 is 1.39 bits per heavy atom. The van der Waals surface area contributed by atoms with Crippen LogP contribution in [0.5, 0.6) is 5.75 Å². The van der Waals surface area contributed by atoms with E-state index >= 15 is 0 Å². The van der Waals surface area contributed by atoms with Gasteiger partial charge in [0.2, 0.25) is 0 Å². The molecule has 2 aromatic rings. The summed E-state index contributed by atoms with van der Waals surface area (Å²) in [4.78, 5) is 4.33. The molecule has 0 amide bonds. The van der Waals surface area contributed by atoms with Crippen LogP contribution in [-0.4, -0.2) is 20.3 Å². The molecule has 18 heavy (non-hydrogen) atoms. The van der Waals surface area contributed by atoms with Crippen LogP contribution in [0.2, 0.25) is 0 Å². The van der Waals surface area contributed by atoms with Crippen molar-refractivity contribution in [1.29, 1.82) is 0 Å². The molecule has 4 N–H and O–H groups in total. The number of phenolic OH excluding ortho intramolecular Hbond substituents is 1. The minimum atomic E-state index is -0.194. The predicted octanol–water partition coefficient (Wildman–Crippen LogP) is 2.60. The fourth-order valence-corrected chi connectivity index (χ4v) is 1.91. The summed E-state index contributed by atoms with van der Waals surface area (Å²) < 4.78 is 0.856. The summed E-state index contributed by atoms with van der Waals surface area (Å²) in [5.41, 5.74) is 6.56. The first-order valence-corrected chi connectivity index (χ1v) is 6.45. The second-order valence-corrected chi connectivity index (χ2v) is 5.39. The lowest BCUT2D eigenvalue weighted by Gasteiger charge is -2.11. The van der Waals surface area contributed by atoms with Crippen molar-refractivity contribution in [3.8, 4) is 17.1 Å². The number of benzene rings is 1. The molecule has 96 valence electrons. The van der Waals surface area contributed by atoms with Crippen molar-refractivity contribution in [2.45, 2.75) is 19.9 Å². The average Bonchev–Trinajstić information content (AvgIpc) is 2.80. The number of nitrogens with two attached hydrogens (primary N) is 1. The fourth-order valence-electron chi connectivity index (χ4n) is 1.55. The number of phenols is 1. The number of halogens is 1. The highest BCUT2D eigenvalue weighted by atomic mass is 79.9. The van der Waals surface area contributed by atoms with Crippen LogP contribution in [0.3, 0.4) is 0 Å². The molecule has 0 aliphatic carbocycles. The van der Waals surface area contributed by atoms with Gasteiger partial charge in [0.25, 0.3) is 0 Å². The van der Waals surface area contributed by atoms with Gasteiger partial charge in [0.15, 0.2) is 5.82 Å². The molecule has 0 saturated heterocycles. The number of H-pyrrole nitrogens is 1. The monoisotopic (exact) mass is 310 g/mol. The topological polar surface area (TPSA) is 87.8 Å². The van der Waals surface area contributed by atoms with Gasteiger partial charge in [-0.3, -0.25) is 5.10 Å². The highest BCUT2D eigenvalue weighted by molar-refractivity contribution is 9.10. The molecule has 6 heteroatoms. The van der Waals surface area contributed by atoms with E-state index in [1.54, 1.807) is 18.2 Å². The zero-order valence-electron chi connectivity index (χ0n) is 10.2. The van der Waals surface area contributed by atoms with Gasteiger partial charge in [0.1, 0.15) is 11.6 Å². The molecule has 1 unspecified atom stereocenters. The average molecular weight is 311 g/mol. The number of nitrogens with zero attached hydrogens (tertiary/aromatic N) is 2. The fraction of sp³-hybridized carbons (Fsp3) is 0.333. The predicted molar refractivity (Wildman–Crippen MR) is 72.9 cm³/mol. The largest absolute Gasteiger partial charge is 0.507 e. The molecule has 1 aromatic carbocycles. The zero-order chi connectivity index (χ0) is 13.3. The second-order valence-electron chi connectivity index (χ2n) is 4.48. The number of nitrogens with one attached hydrogen (secondary N) is 1. The first-order valence-electron chi connectivity index (χ1n) is 5.66. The molecule has 5 nitrogen and oxygen atoms in total. The van der Waals surface area contributed by atoms with Crippen LogP contribution >= 0.6 is 15.9 Å². The van der Waals surface area contributed by atoms with E-state index in [0.29, 0.717) is 17.2 Å². The Hall–Kier alpha value is -1.40. The SMILES string of the molecule is CC(C)C(N)c1nc(-c2cc(Br)ccc2O)n[nH]1. The van der Waals surface area contributed by atoms with Crippen LogP contribution in [0, 0.1) is 5.92 Å². The van der Waals surface area contributed by atoms with Crippen molar-refractivity contribution in [3.63, 3.8) is 0 Å². The van der Waals surface area contributed by atoms with Crippen molar-refractivity contribution in [3.05, 3.63) is 28.5 Å². The number of hydrogen-bond acceptors (Lipinski definition) is 4. The summed E-state index contributed by atoms with van der Waals surface area (Å²) >= 11 is 3.35. The van der Waals surface area contributed by atoms with Crippen molar-refractivity contribution in [2.24, 2.45) is 11.7 Å². The molecule has 0 radical (unpaired) electrons. The molecular weight excluding hydrogens is 296 g/mol. The smallest absolute Gasteiger partial charge is 0.184 e. The van der Waals surface area contributed by atoms with Crippen molar-refractivity contribution in [2.75, 3.05) is 0 Å². The summed E-state index contributed by atoms with van der Waals surface area (Å²) in [5, 5.41) is 16.7. The Balaban J connectivity index is 2.38. The molecule has 1 atom stereocenters. The number of hydrogen-bond donors (Lipinski definition) is 3. The van der Waals surface area contributed by atoms with E-state index in [0.717, 1.165) is 4.47 Å². The van der Waals surface area contributed by atoms with Gasteiger partial charge in [0.05, 0.1) is 11.6 Å². The molecule has 0 saturated carbocycles. The molecule has 0 spiro atoms. The minimum absolute atomic E-state index is 0.141. The van der Waals surface area contributed by atoms with E-state index in [-0.39, 0.29) is 17.7 Å². The van der Waals surface area contributed by atoms with E-state index in [1.165, 1.54) is 0 Å². The third-order valence-corrected chi connectivity index (χ3v) is 3.23. The lowest BCUT2D eigenvalue weighted by Crippen LogP contribution is -2.18. The molecule has 0 bridgehead atoms. The van der Waals surface area contributed by atoms with Crippen LogP contribution < -0.4 is 5.73 Å². The number of rotatable bonds is 3. The maximum atomic E-state index is 9.80. The Labute approximate surface area is 114 Å². The maximum Gasteiger partial charge on any atom is 0.184 e. The Bertz CT molecular complexity index is 553. The van der Waals surface area contributed by atoms with Crippen LogP contribution in [0.15, 0.2) is 22.7 Å². The van der Waals surface area contributed by atoms with E-state index in [1.807, 2.05) is 13.8 Å². The summed E-state index contributed by atoms with van der Waals surface area (Å²) in [5.74, 6) is 1.48. The molecule has 0 fully saturated rings. The van der Waals surface area contributed by atoms with Gasteiger partial charge in [0, 0.05) is 4.47 Å². The molecule has 2 rings (SSSR count). The van der Waals surface area contributed by atoms with Crippen molar-refractivity contribution >= 4 is 15.9 Å². The summed E-state index contributed by atoms with van der Waals surface area (Å²) in [7, 11) is 0. The minimum Gasteiger partial charge on any atom is -0.507 e. The molecule has 1 aromatic heterocycles. The highest BCUT2D eigenvalue weighted by Crippen LogP contribution is 2.30. The van der Waals surface area contributed by atoms with Gasteiger partial charge >= 0.3 is 0 Å². The van der Waals surface area contributed by atoms with Crippen LogP contribution in [0.25, 0.3) is 11.4 Å². The number of aromatic nitrogens is 3. The summed E-state index contributed by atoms with van der Waals surface area (Å²) in [6.07, 6.45) is 0. The molecule has 0 aliphatic rings. The van der Waals surface area contributed by atoms with Gasteiger partial charge < -0.3 is 10.8 Å². The van der Waals surface area contributed by atoms with Crippen molar-refractivity contribution in [1.82, 2.24) is 15.2 Å². The normalized spacial score (nSPS) is 12.9. The first-order chi connectivity index (χ1) is 8.49. The van der Waals surface area contributed by atoms with Gasteiger partial charge in [-0.25, -0.2) is 4.98 Å². The van der Waals surface area contributed by atoms with E-state index < -0.39 is 0 Å². The first kappa shape index (κ1) is 13.0. The van der Waals surface area contributed by atoms with Crippen LogP contribution in [-0.2, 0) is 0 Å². The Morgan fingerprint density at radius 2 is 2.11 bits per heavy atom. The second kappa shape index (κ2) is 5.07. The van der Waals surface area contributed by atoms with Crippen molar-refractivity contribution < 1.29 is 5.11 Å². The van der Waals surface area contributed by atoms with E-state index in [9.17, 15) is 5.11 Å². The lowest BCUT2D eigenvalue weighted by atomic mass is 10.1. The highest BCUT2D eigenvalue weighted by Gasteiger charge is 2.17. The van der Waals surface area contributed by atoms with Gasteiger partial charge in [-0.2, -0.15) is 5.10 Å². The van der Waals surface area contributed by atoms with E-state index in [2.05, 4.69) is 31.1 Å². The van der Waals surface area contributed by atoms with E-state index in [4.69, 9.17) is 5.73 Å². The molecular formula is C12H15BrN4O. The third-order valence-electron chi connectivity index (χ3n) is 2.74. The molecule has 0 aliphatic heterocycles. The van der Waals surface area contributed by atoms with Crippen LogP contribution in [0.4, 0.5) is 0 Å². The quantitative estimate of drug-likeness (QED) is 0.813. The Kier molecular flexibility index (Phi) is 3.68. The van der Waals surface area contributed by atoms with Gasteiger partial charge in [-0.05, 0) is 24.1 Å². The summed E-state index contributed by atoms with van der Waals surface area (Å²) in [6.45, 7) is 4.03. The number of aromatic hydroxyl groups is 1. The summed E-state index contributed by atoms with van der Waals surface area (Å²) in [6, 6.07) is 4.92. The van der Waals surface area contributed by atoms with Gasteiger partial charge in [-0.15, -0.1) is 0 Å². The maximum absolute atomic E-state index is 9.80. The lowest BCUT2D eigenvalue weighted by molar-refractivity contribution is 0.476. The molecule has 1 heterocycles. The standard InChI is InChI=1S/C12H15BrN4O/c1-6(2)10(14)12-15-11(16-17-12)8-5-7(13)3-4-9(8)18/h3-6,10,18H,14H2,1-2H3,(H,15,16,17). The van der Waals surface area contributed by atoms with Gasteiger partial charge in [-0.1, -0.05) is 29.8 Å².